The lowest BCUT2D eigenvalue weighted by Gasteiger charge is -1.99. The Morgan fingerprint density at radius 1 is 1.00 bits per heavy atom. The van der Waals surface area contributed by atoms with Crippen LogP contribution in [-0.2, 0) is 19.3 Å². The zero-order valence-electron chi connectivity index (χ0n) is 12.4. The minimum atomic E-state index is 0.740. The largest absolute Gasteiger partial charge is 0.425 e. The van der Waals surface area contributed by atoms with Crippen molar-refractivity contribution in [1.82, 2.24) is 15.5 Å². The van der Waals surface area contributed by atoms with Crippen molar-refractivity contribution in [2.75, 3.05) is 13.1 Å². The number of nitrogens with zero attached hydrogens (tertiary/aromatic N) is 2. The van der Waals surface area contributed by atoms with Crippen molar-refractivity contribution in [1.29, 1.82) is 0 Å². The number of hydrogen-bond acceptors (Lipinski definition) is 4. The third-order valence-electron chi connectivity index (χ3n) is 3.25. The van der Waals surface area contributed by atoms with E-state index in [-0.39, 0.29) is 0 Å². The van der Waals surface area contributed by atoms with E-state index in [2.05, 4.69) is 53.6 Å². The predicted octanol–water partition coefficient (Wildman–Crippen LogP) is 2.71. The maximum absolute atomic E-state index is 5.66. The summed E-state index contributed by atoms with van der Waals surface area (Å²) in [7, 11) is 0. The number of nitrogens with one attached hydrogen (secondary N) is 1. The minimum absolute atomic E-state index is 0.740. The van der Waals surface area contributed by atoms with E-state index in [1.807, 2.05) is 0 Å². The molecule has 108 valence electrons. The molecule has 1 aromatic heterocycles. The van der Waals surface area contributed by atoms with Crippen LogP contribution in [0.1, 0.15) is 36.3 Å². The second kappa shape index (κ2) is 7.80. The van der Waals surface area contributed by atoms with E-state index >= 15 is 0 Å². The van der Waals surface area contributed by atoms with Gasteiger partial charge in [0.05, 0.1) is 0 Å². The molecule has 4 heteroatoms. The van der Waals surface area contributed by atoms with Crippen LogP contribution in [0.3, 0.4) is 0 Å². The lowest BCUT2D eigenvalue weighted by Crippen LogP contribution is -2.14. The van der Waals surface area contributed by atoms with E-state index in [1.54, 1.807) is 0 Å². The number of hydrogen-bond donors (Lipinski definition) is 1. The predicted molar refractivity (Wildman–Crippen MR) is 79.7 cm³/mol. The molecular formula is C16H23N3O. The second-order valence-electron chi connectivity index (χ2n) is 5.03. The molecule has 0 saturated heterocycles. The molecule has 0 unspecified atom stereocenters. The van der Waals surface area contributed by atoms with Gasteiger partial charge in [-0.3, -0.25) is 0 Å². The summed E-state index contributed by atoms with van der Waals surface area (Å²) >= 11 is 0. The van der Waals surface area contributed by atoms with Crippen LogP contribution in [0.15, 0.2) is 28.7 Å². The molecule has 20 heavy (non-hydrogen) atoms. The lowest BCUT2D eigenvalue weighted by atomic mass is 10.1. The summed E-state index contributed by atoms with van der Waals surface area (Å²) in [4.78, 5) is 0. The molecule has 0 radical (unpaired) electrons. The molecule has 1 N–H and O–H groups in total. The van der Waals surface area contributed by atoms with Gasteiger partial charge >= 0.3 is 0 Å². The van der Waals surface area contributed by atoms with E-state index in [0.717, 1.165) is 50.6 Å². The fraction of sp³-hybridized carbons (Fsp3) is 0.500. The van der Waals surface area contributed by atoms with Crippen molar-refractivity contribution in [2.24, 2.45) is 0 Å². The molecule has 0 aliphatic heterocycles. The molecule has 0 spiro atoms. The van der Waals surface area contributed by atoms with Crippen LogP contribution in [0, 0.1) is 6.92 Å². The Morgan fingerprint density at radius 2 is 1.70 bits per heavy atom. The van der Waals surface area contributed by atoms with E-state index in [1.165, 1.54) is 11.1 Å². The molecule has 0 aliphatic rings. The second-order valence-corrected chi connectivity index (χ2v) is 5.03. The molecule has 1 aromatic carbocycles. The van der Waals surface area contributed by atoms with Gasteiger partial charge in [-0.1, -0.05) is 36.8 Å². The van der Waals surface area contributed by atoms with Gasteiger partial charge in [0.2, 0.25) is 11.8 Å². The summed E-state index contributed by atoms with van der Waals surface area (Å²) < 4.78 is 5.66. The van der Waals surface area contributed by atoms with E-state index < -0.39 is 0 Å². The van der Waals surface area contributed by atoms with Crippen molar-refractivity contribution < 1.29 is 4.42 Å². The molecule has 0 saturated carbocycles. The highest BCUT2D eigenvalue weighted by atomic mass is 16.4. The highest BCUT2D eigenvalue weighted by Gasteiger charge is 2.06. The van der Waals surface area contributed by atoms with Crippen LogP contribution in [-0.4, -0.2) is 23.3 Å². The number of rotatable bonds is 8. The van der Waals surface area contributed by atoms with Crippen molar-refractivity contribution in [2.45, 2.75) is 39.5 Å². The molecule has 4 nitrogen and oxygen atoms in total. The summed E-state index contributed by atoms with van der Waals surface area (Å²) in [6.45, 7) is 6.21. The molecule has 0 fully saturated rings. The molecule has 1 heterocycles. The number of benzene rings is 1. The van der Waals surface area contributed by atoms with Gasteiger partial charge in [0.25, 0.3) is 0 Å². The zero-order valence-corrected chi connectivity index (χ0v) is 12.4. The molecule has 2 rings (SSSR count). The van der Waals surface area contributed by atoms with Crippen LogP contribution in [0.2, 0.25) is 0 Å². The first-order chi connectivity index (χ1) is 9.78. The summed E-state index contributed by atoms with van der Waals surface area (Å²) in [5, 5.41) is 11.5. The highest BCUT2D eigenvalue weighted by Crippen LogP contribution is 2.09. The van der Waals surface area contributed by atoms with Crippen LogP contribution >= 0.6 is 0 Å². The summed E-state index contributed by atoms with van der Waals surface area (Å²) in [6, 6.07) is 8.58. The smallest absolute Gasteiger partial charge is 0.216 e. The van der Waals surface area contributed by atoms with Crippen molar-refractivity contribution in [3.05, 3.63) is 47.2 Å². The van der Waals surface area contributed by atoms with Crippen molar-refractivity contribution >= 4 is 0 Å². The first-order valence-electron chi connectivity index (χ1n) is 7.35. The molecular weight excluding hydrogens is 250 g/mol. The van der Waals surface area contributed by atoms with Gasteiger partial charge in [-0.25, -0.2) is 0 Å². The molecule has 2 aromatic rings. The van der Waals surface area contributed by atoms with Gasteiger partial charge in [0.15, 0.2) is 0 Å². The van der Waals surface area contributed by atoms with Gasteiger partial charge in [0.1, 0.15) is 0 Å². The van der Waals surface area contributed by atoms with Crippen LogP contribution in [0.5, 0.6) is 0 Å². The summed E-state index contributed by atoms with van der Waals surface area (Å²) in [6.07, 6.45) is 3.64. The number of aromatic nitrogens is 2. The van der Waals surface area contributed by atoms with E-state index in [9.17, 15) is 0 Å². The summed E-state index contributed by atoms with van der Waals surface area (Å²) in [5.41, 5.74) is 2.59. The lowest BCUT2D eigenvalue weighted by molar-refractivity contribution is 0.441. The van der Waals surface area contributed by atoms with E-state index in [4.69, 9.17) is 4.42 Å². The Kier molecular flexibility index (Phi) is 5.74. The normalized spacial score (nSPS) is 10.9. The monoisotopic (exact) mass is 273 g/mol. The fourth-order valence-corrected chi connectivity index (χ4v) is 2.04. The Bertz CT molecular complexity index is 505. The maximum Gasteiger partial charge on any atom is 0.216 e. The Labute approximate surface area is 120 Å². The van der Waals surface area contributed by atoms with Gasteiger partial charge in [-0.2, -0.15) is 0 Å². The van der Waals surface area contributed by atoms with Gasteiger partial charge < -0.3 is 9.73 Å². The van der Waals surface area contributed by atoms with Crippen LogP contribution in [0.25, 0.3) is 0 Å². The molecule has 0 bridgehead atoms. The topological polar surface area (TPSA) is 51.0 Å². The average Bonchev–Trinajstić information content (AvgIpc) is 2.91. The van der Waals surface area contributed by atoms with Crippen LogP contribution in [0.4, 0.5) is 0 Å². The quantitative estimate of drug-likeness (QED) is 0.751. The minimum Gasteiger partial charge on any atom is -0.425 e. The first-order valence-corrected chi connectivity index (χ1v) is 7.35. The zero-order chi connectivity index (χ0) is 14.2. The first kappa shape index (κ1) is 14.7. The van der Waals surface area contributed by atoms with Crippen LogP contribution < -0.4 is 5.32 Å². The van der Waals surface area contributed by atoms with Gasteiger partial charge in [0, 0.05) is 12.8 Å². The van der Waals surface area contributed by atoms with Gasteiger partial charge in [-0.15, -0.1) is 10.2 Å². The Morgan fingerprint density at radius 3 is 2.40 bits per heavy atom. The number of aryl methyl sites for hydroxylation is 4. The maximum atomic E-state index is 5.66. The van der Waals surface area contributed by atoms with Crippen molar-refractivity contribution in [3.63, 3.8) is 0 Å². The Balaban J connectivity index is 1.76. The third kappa shape index (κ3) is 4.78. The molecule has 0 amide bonds. The standard InChI is InChI=1S/C16H23N3O/c1-3-17-12-4-5-15-18-19-16(20-15)11-10-14-8-6-13(2)7-9-14/h6-9,17H,3-5,10-12H2,1-2H3. The SMILES string of the molecule is CCNCCCc1nnc(CCc2ccc(C)cc2)o1. The molecule has 0 atom stereocenters. The average molecular weight is 273 g/mol. The highest BCUT2D eigenvalue weighted by molar-refractivity contribution is 5.21. The third-order valence-corrected chi connectivity index (χ3v) is 3.25. The fourth-order valence-electron chi connectivity index (χ4n) is 2.04. The molecule has 0 aliphatic carbocycles. The summed E-state index contributed by atoms with van der Waals surface area (Å²) in [5.74, 6) is 1.49. The van der Waals surface area contributed by atoms with Crippen molar-refractivity contribution in [3.8, 4) is 0 Å². The van der Waals surface area contributed by atoms with Gasteiger partial charge in [-0.05, 0) is 38.4 Å². The van der Waals surface area contributed by atoms with E-state index in [0.29, 0.717) is 0 Å². The Hall–Kier alpha value is -1.68.